The Balaban J connectivity index is 1.24. The van der Waals surface area contributed by atoms with Crippen molar-refractivity contribution in [1.29, 1.82) is 0 Å². The first kappa shape index (κ1) is 16.6. The molecule has 2 bridgehead atoms. The Morgan fingerprint density at radius 3 is 2.54 bits per heavy atom. The van der Waals surface area contributed by atoms with Crippen molar-refractivity contribution in [3.8, 4) is 0 Å². The largest absolute Gasteiger partial charge is 0.374 e. The van der Waals surface area contributed by atoms with Crippen LogP contribution in [0.25, 0.3) is 0 Å². The number of hydrogen-bond acceptors (Lipinski definition) is 4. The van der Waals surface area contributed by atoms with Gasteiger partial charge in [-0.2, -0.15) is 0 Å². The van der Waals surface area contributed by atoms with E-state index in [1.807, 2.05) is 7.05 Å². The number of likely N-dealkylation sites (N-methyl/N-ethyl adjacent to an activating group) is 1. The number of guanidine groups is 1. The van der Waals surface area contributed by atoms with Crippen LogP contribution in [0.2, 0.25) is 0 Å². The van der Waals surface area contributed by atoms with E-state index in [2.05, 4.69) is 32.1 Å². The summed E-state index contributed by atoms with van der Waals surface area (Å²) >= 11 is 0. The highest BCUT2D eigenvalue weighted by molar-refractivity contribution is 5.80. The van der Waals surface area contributed by atoms with Gasteiger partial charge in [0.15, 0.2) is 5.96 Å². The van der Waals surface area contributed by atoms with Crippen LogP contribution in [0.3, 0.4) is 0 Å². The van der Waals surface area contributed by atoms with Crippen LogP contribution >= 0.6 is 0 Å². The predicted octanol–water partition coefficient (Wildman–Crippen LogP) is 0.309. The third kappa shape index (κ3) is 3.28. The molecule has 0 aromatic heterocycles. The van der Waals surface area contributed by atoms with E-state index in [1.54, 1.807) is 0 Å². The van der Waals surface area contributed by atoms with Crippen LogP contribution in [-0.2, 0) is 4.74 Å². The van der Waals surface area contributed by atoms with Crippen molar-refractivity contribution in [1.82, 2.24) is 20.0 Å². The minimum Gasteiger partial charge on any atom is -0.374 e. The summed E-state index contributed by atoms with van der Waals surface area (Å²) in [4.78, 5) is 12.0. The fourth-order valence-corrected chi connectivity index (χ4v) is 5.11. The Morgan fingerprint density at radius 2 is 1.83 bits per heavy atom. The number of ether oxygens (including phenoxy) is 1. The molecule has 0 amide bonds. The van der Waals surface area contributed by atoms with E-state index in [0.29, 0.717) is 12.2 Å². The molecular formula is C18H33N5O. The fraction of sp³-hybridized carbons (Fsp3) is 0.944. The molecule has 4 unspecified atom stereocenters. The third-order valence-electron chi connectivity index (χ3n) is 6.49. The number of likely N-dealkylation sites (tertiary alicyclic amines) is 1. The zero-order chi connectivity index (χ0) is 16.5. The summed E-state index contributed by atoms with van der Waals surface area (Å²) in [5.74, 6) is 2.57. The van der Waals surface area contributed by atoms with Gasteiger partial charge < -0.3 is 24.8 Å². The zero-order valence-electron chi connectivity index (χ0n) is 15.3. The molecule has 4 aliphatic rings. The van der Waals surface area contributed by atoms with E-state index in [0.717, 1.165) is 44.0 Å². The molecule has 0 aliphatic carbocycles. The Labute approximate surface area is 146 Å². The highest BCUT2D eigenvalue weighted by Gasteiger charge is 2.53. The van der Waals surface area contributed by atoms with Gasteiger partial charge in [0.25, 0.3) is 0 Å². The molecule has 6 nitrogen and oxygen atoms in total. The molecule has 0 aromatic carbocycles. The monoisotopic (exact) mass is 335 g/mol. The molecule has 6 heteroatoms. The number of rotatable bonds is 3. The summed E-state index contributed by atoms with van der Waals surface area (Å²) in [5.41, 5.74) is 0. The van der Waals surface area contributed by atoms with Crippen LogP contribution < -0.4 is 5.32 Å². The van der Waals surface area contributed by atoms with E-state index in [1.165, 1.54) is 45.4 Å². The van der Waals surface area contributed by atoms with Crippen molar-refractivity contribution in [3.63, 3.8) is 0 Å². The van der Waals surface area contributed by atoms with Gasteiger partial charge in [-0.1, -0.05) is 0 Å². The fourth-order valence-electron chi connectivity index (χ4n) is 5.11. The molecule has 24 heavy (non-hydrogen) atoms. The molecule has 4 saturated heterocycles. The second-order valence-corrected chi connectivity index (χ2v) is 8.00. The molecule has 0 saturated carbocycles. The van der Waals surface area contributed by atoms with E-state index in [9.17, 15) is 0 Å². The summed E-state index contributed by atoms with van der Waals surface area (Å²) in [6.45, 7) is 9.18. The van der Waals surface area contributed by atoms with Crippen molar-refractivity contribution in [2.24, 2.45) is 16.8 Å². The first-order chi connectivity index (χ1) is 11.7. The maximum absolute atomic E-state index is 6.08. The Kier molecular flexibility index (Phi) is 4.97. The topological polar surface area (TPSA) is 43.3 Å². The summed E-state index contributed by atoms with van der Waals surface area (Å²) in [6.07, 6.45) is 4.88. The van der Waals surface area contributed by atoms with Crippen molar-refractivity contribution in [3.05, 3.63) is 0 Å². The zero-order valence-corrected chi connectivity index (χ0v) is 15.3. The van der Waals surface area contributed by atoms with Gasteiger partial charge in [0, 0.05) is 58.2 Å². The third-order valence-corrected chi connectivity index (χ3v) is 6.49. The molecule has 4 aliphatic heterocycles. The van der Waals surface area contributed by atoms with Gasteiger partial charge in [-0.3, -0.25) is 4.99 Å². The molecular weight excluding hydrogens is 302 g/mol. The molecule has 1 N–H and O–H groups in total. The molecule has 4 heterocycles. The molecule has 0 spiro atoms. The highest BCUT2D eigenvalue weighted by Crippen LogP contribution is 2.47. The normalized spacial score (nSPS) is 37.8. The summed E-state index contributed by atoms with van der Waals surface area (Å²) in [6, 6.07) is 0. The van der Waals surface area contributed by atoms with E-state index in [-0.39, 0.29) is 0 Å². The van der Waals surface area contributed by atoms with Gasteiger partial charge in [-0.15, -0.1) is 0 Å². The van der Waals surface area contributed by atoms with Gasteiger partial charge >= 0.3 is 0 Å². The summed E-state index contributed by atoms with van der Waals surface area (Å²) < 4.78 is 6.08. The number of fused-ring (bicyclic) bond motifs is 5. The van der Waals surface area contributed by atoms with Crippen molar-refractivity contribution >= 4 is 5.96 Å². The first-order valence-corrected chi connectivity index (χ1v) is 9.76. The van der Waals surface area contributed by atoms with Crippen LogP contribution in [0, 0.1) is 11.8 Å². The molecule has 0 radical (unpaired) electrons. The number of aliphatic imine (C=N–C) groups is 1. The lowest BCUT2D eigenvalue weighted by Gasteiger charge is -2.25. The van der Waals surface area contributed by atoms with Crippen molar-refractivity contribution < 1.29 is 4.74 Å². The van der Waals surface area contributed by atoms with Gasteiger partial charge in [0.05, 0.1) is 12.2 Å². The summed E-state index contributed by atoms with van der Waals surface area (Å²) in [5, 5.41) is 3.61. The van der Waals surface area contributed by atoms with Crippen LogP contribution in [0.5, 0.6) is 0 Å². The van der Waals surface area contributed by atoms with E-state index >= 15 is 0 Å². The van der Waals surface area contributed by atoms with Gasteiger partial charge in [0.1, 0.15) is 0 Å². The molecule has 0 aromatic rings. The predicted molar refractivity (Wildman–Crippen MR) is 96.4 cm³/mol. The quantitative estimate of drug-likeness (QED) is 0.594. The molecule has 4 rings (SSSR count). The average molecular weight is 335 g/mol. The Hall–Kier alpha value is -0.850. The minimum absolute atomic E-state index is 0.525. The minimum atomic E-state index is 0.525. The number of nitrogens with zero attached hydrogens (tertiary/aromatic N) is 4. The Morgan fingerprint density at radius 1 is 1.08 bits per heavy atom. The van der Waals surface area contributed by atoms with Gasteiger partial charge in [0.2, 0.25) is 0 Å². The van der Waals surface area contributed by atoms with Gasteiger partial charge in [-0.05, 0) is 39.4 Å². The van der Waals surface area contributed by atoms with Crippen LogP contribution in [0.1, 0.15) is 19.3 Å². The SMILES string of the molecule is CN=C(NCCN1CCCN(C)CC1)N1CC2C3CCC(O3)C2C1. The molecule has 136 valence electrons. The molecule has 4 fully saturated rings. The van der Waals surface area contributed by atoms with Crippen molar-refractivity contribution in [2.45, 2.75) is 31.5 Å². The lowest BCUT2D eigenvalue weighted by molar-refractivity contribution is 0.0767. The highest BCUT2D eigenvalue weighted by atomic mass is 16.5. The standard InChI is InChI=1S/C18H33N5O/c1-19-18(20-6-9-22-8-3-7-21(2)10-11-22)23-12-14-15(13-23)17-5-4-16(14)24-17/h14-17H,3-13H2,1-2H3,(H,19,20). The number of hydrogen-bond donors (Lipinski definition) is 1. The lowest BCUT2D eigenvalue weighted by Crippen LogP contribution is -2.44. The van der Waals surface area contributed by atoms with Crippen molar-refractivity contribution in [2.75, 3.05) is 66.5 Å². The second kappa shape index (κ2) is 7.18. The van der Waals surface area contributed by atoms with Gasteiger partial charge in [-0.25, -0.2) is 0 Å². The first-order valence-electron chi connectivity index (χ1n) is 9.76. The molecule has 4 atom stereocenters. The maximum atomic E-state index is 6.08. The number of nitrogens with one attached hydrogen (secondary N) is 1. The average Bonchev–Trinajstić information content (AvgIpc) is 3.25. The summed E-state index contributed by atoms with van der Waals surface area (Å²) in [7, 11) is 4.15. The smallest absolute Gasteiger partial charge is 0.193 e. The maximum Gasteiger partial charge on any atom is 0.193 e. The lowest BCUT2D eigenvalue weighted by atomic mass is 9.82. The van der Waals surface area contributed by atoms with E-state index < -0.39 is 0 Å². The van der Waals surface area contributed by atoms with Crippen LogP contribution in [0.15, 0.2) is 4.99 Å². The second-order valence-electron chi connectivity index (χ2n) is 8.00. The van der Waals surface area contributed by atoms with Crippen LogP contribution in [-0.4, -0.2) is 99.3 Å². The van der Waals surface area contributed by atoms with E-state index in [4.69, 9.17) is 4.74 Å². The Bertz CT molecular complexity index is 452. The van der Waals surface area contributed by atoms with Crippen LogP contribution in [0.4, 0.5) is 0 Å².